The predicted octanol–water partition coefficient (Wildman–Crippen LogP) is 6.66. The van der Waals surface area contributed by atoms with Crippen LogP contribution in [0.3, 0.4) is 0 Å². The van der Waals surface area contributed by atoms with Crippen LogP contribution in [0.15, 0.2) is 66.9 Å². The summed E-state index contributed by atoms with van der Waals surface area (Å²) in [6.45, 7) is 0.118. The Labute approximate surface area is 273 Å². The monoisotopic (exact) mass is 630 g/mol. The van der Waals surface area contributed by atoms with Crippen molar-refractivity contribution in [2.75, 3.05) is 5.32 Å². The number of nitrogens with one attached hydrogen (secondary N) is 2. The van der Waals surface area contributed by atoms with Crippen molar-refractivity contribution in [2.24, 2.45) is 0 Å². The Bertz CT molecular complexity index is 1910. The lowest BCUT2D eigenvalue weighted by molar-refractivity contribution is -0.131. The Hall–Kier alpha value is -5.05. The van der Waals surface area contributed by atoms with Crippen molar-refractivity contribution in [2.45, 2.75) is 82.2 Å². The minimum absolute atomic E-state index is 0.0336. The van der Waals surface area contributed by atoms with E-state index in [4.69, 9.17) is 10.1 Å². The topological polar surface area (TPSA) is 130 Å². The van der Waals surface area contributed by atoms with Gasteiger partial charge in [0.2, 0.25) is 5.91 Å². The van der Waals surface area contributed by atoms with Crippen molar-refractivity contribution >= 4 is 46.2 Å². The van der Waals surface area contributed by atoms with Gasteiger partial charge in [0.05, 0.1) is 22.4 Å². The van der Waals surface area contributed by atoms with Crippen LogP contribution < -0.4 is 10.6 Å². The van der Waals surface area contributed by atoms with Crippen LogP contribution >= 0.6 is 0 Å². The minimum Gasteiger partial charge on any atom is -0.478 e. The van der Waals surface area contributed by atoms with Gasteiger partial charge in [0, 0.05) is 29.6 Å². The maximum Gasteiger partial charge on any atom is 0.328 e. The maximum absolute atomic E-state index is 14.0. The third kappa shape index (κ3) is 5.98. The molecule has 4 aromatic rings. The highest BCUT2D eigenvalue weighted by Crippen LogP contribution is 2.46. The number of rotatable bonds is 8. The molecule has 2 amide bonds. The molecular formula is C38H38N4O5. The van der Waals surface area contributed by atoms with Crippen molar-refractivity contribution in [3.05, 3.63) is 89.1 Å². The Balaban J connectivity index is 1.21. The number of hydrogen-bond donors (Lipinski definition) is 3. The standard InChI is InChI=1S/C38H38N4O5/c43-31(21-25-12-10-24(11-13-25)14-17-33(45)46)38(18-4-5-19-38)41-37(47)27-15-16-28-30(22-27)42-23-32(44)40-29-9-6-20-39-35(29)36(42)34(28)26-7-2-1-3-8-26/h6,9-17,20,22,26H,1-5,7-8,18-19,21,23H2,(H,40,44)(H,41,47)(H,45,46)/b17-14+. The Morgan fingerprint density at radius 2 is 1.77 bits per heavy atom. The van der Waals surface area contributed by atoms with E-state index >= 15 is 0 Å². The van der Waals surface area contributed by atoms with E-state index in [0.717, 1.165) is 78.0 Å². The molecule has 0 spiro atoms. The van der Waals surface area contributed by atoms with E-state index in [1.54, 1.807) is 18.3 Å². The molecule has 2 aromatic carbocycles. The summed E-state index contributed by atoms with van der Waals surface area (Å²) in [6, 6.07) is 16.7. The number of pyridine rings is 1. The van der Waals surface area contributed by atoms with Crippen molar-refractivity contribution in [1.29, 1.82) is 0 Å². The molecule has 3 heterocycles. The molecule has 1 aliphatic heterocycles. The second-order valence-electron chi connectivity index (χ2n) is 13.1. The van der Waals surface area contributed by atoms with Crippen LogP contribution in [0.5, 0.6) is 0 Å². The average molecular weight is 631 g/mol. The summed E-state index contributed by atoms with van der Waals surface area (Å²) in [4.78, 5) is 56.5. The van der Waals surface area contributed by atoms with Gasteiger partial charge in [0.1, 0.15) is 12.2 Å². The molecule has 47 heavy (non-hydrogen) atoms. The second-order valence-corrected chi connectivity index (χ2v) is 13.1. The summed E-state index contributed by atoms with van der Waals surface area (Å²) >= 11 is 0. The summed E-state index contributed by atoms with van der Waals surface area (Å²) in [6.07, 6.45) is 13.0. The van der Waals surface area contributed by atoms with Gasteiger partial charge in [-0.1, -0.05) is 62.4 Å². The zero-order valence-corrected chi connectivity index (χ0v) is 26.3. The first-order chi connectivity index (χ1) is 22.8. The first-order valence-corrected chi connectivity index (χ1v) is 16.6. The number of nitrogens with zero attached hydrogens (tertiary/aromatic N) is 2. The molecule has 7 rings (SSSR count). The lowest BCUT2D eigenvalue weighted by atomic mass is 9.82. The van der Waals surface area contributed by atoms with Crippen LogP contribution in [0.1, 0.15) is 90.8 Å². The van der Waals surface area contributed by atoms with Gasteiger partial charge in [0.25, 0.3) is 5.91 Å². The predicted molar refractivity (Wildman–Crippen MR) is 180 cm³/mol. The fourth-order valence-electron chi connectivity index (χ4n) is 7.78. The highest BCUT2D eigenvalue weighted by Gasteiger charge is 2.42. The molecule has 0 saturated heterocycles. The zero-order chi connectivity index (χ0) is 32.5. The van der Waals surface area contributed by atoms with Gasteiger partial charge < -0.3 is 20.3 Å². The summed E-state index contributed by atoms with van der Waals surface area (Å²) in [5.41, 5.74) is 5.46. The number of ketones is 1. The number of amides is 2. The Kier molecular flexibility index (Phi) is 8.22. The van der Waals surface area contributed by atoms with E-state index in [9.17, 15) is 19.2 Å². The van der Waals surface area contributed by atoms with Gasteiger partial charge in [-0.3, -0.25) is 19.4 Å². The summed E-state index contributed by atoms with van der Waals surface area (Å²) in [7, 11) is 0. The number of carboxylic acids is 1. The van der Waals surface area contributed by atoms with E-state index in [-0.39, 0.29) is 30.6 Å². The molecule has 3 aliphatic rings. The zero-order valence-electron chi connectivity index (χ0n) is 26.3. The number of aliphatic carboxylic acids is 1. The fraction of sp³-hybridized carbons (Fsp3) is 0.342. The summed E-state index contributed by atoms with van der Waals surface area (Å²) in [5, 5.41) is 16.1. The molecular weight excluding hydrogens is 592 g/mol. The van der Waals surface area contributed by atoms with Gasteiger partial charge in [-0.05, 0) is 78.6 Å². The minimum atomic E-state index is -1.02. The molecule has 0 radical (unpaired) electrons. The lowest BCUT2D eigenvalue weighted by Crippen LogP contribution is -2.53. The molecule has 2 saturated carbocycles. The smallest absolute Gasteiger partial charge is 0.328 e. The van der Waals surface area contributed by atoms with Gasteiger partial charge >= 0.3 is 5.97 Å². The van der Waals surface area contributed by atoms with Crippen LogP contribution in [-0.4, -0.2) is 43.8 Å². The third-order valence-corrected chi connectivity index (χ3v) is 10.1. The van der Waals surface area contributed by atoms with Crippen LogP contribution in [-0.2, 0) is 27.3 Å². The maximum atomic E-state index is 14.0. The quantitative estimate of drug-likeness (QED) is 0.187. The van der Waals surface area contributed by atoms with Gasteiger partial charge in [-0.15, -0.1) is 0 Å². The highest BCUT2D eigenvalue weighted by atomic mass is 16.4. The molecule has 0 atom stereocenters. The molecule has 2 fully saturated rings. The lowest BCUT2D eigenvalue weighted by Gasteiger charge is -2.29. The van der Waals surface area contributed by atoms with E-state index in [1.807, 2.05) is 47.0 Å². The van der Waals surface area contributed by atoms with Crippen molar-refractivity contribution in [3.63, 3.8) is 0 Å². The molecule has 9 nitrogen and oxygen atoms in total. The van der Waals surface area contributed by atoms with E-state index < -0.39 is 11.5 Å². The van der Waals surface area contributed by atoms with Crippen LogP contribution in [0.25, 0.3) is 28.4 Å². The Morgan fingerprint density at radius 3 is 2.51 bits per heavy atom. The number of hydrogen-bond acceptors (Lipinski definition) is 5. The van der Waals surface area contributed by atoms with Gasteiger partial charge in [-0.2, -0.15) is 0 Å². The molecule has 0 bridgehead atoms. The van der Waals surface area contributed by atoms with E-state index in [0.29, 0.717) is 30.0 Å². The highest BCUT2D eigenvalue weighted by molar-refractivity contribution is 6.06. The van der Waals surface area contributed by atoms with Crippen molar-refractivity contribution in [1.82, 2.24) is 14.9 Å². The number of anilines is 1. The first kappa shape index (κ1) is 30.6. The third-order valence-electron chi connectivity index (χ3n) is 10.1. The van der Waals surface area contributed by atoms with Crippen LogP contribution in [0.4, 0.5) is 5.69 Å². The Morgan fingerprint density at radius 1 is 1.00 bits per heavy atom. The van der Waals surface area contributed by atoms with E-state index in [2.05, 4.69) is 10.6 Å². The number of Topliss-reactive ketones (excluding diaryl/α,β-unsaturated/α-hetero) is 1. The number of benzene rings is 2. The number of carbonyl (C=O) groups is 4. The number of carboxylic acid groups (broad SMARTS) is 1. The SMILES string of the molecule is O=C(O)/C=C/c1ccc(CC(=O)C2(NC(=O)c3ccc4c(C5CCCCC5)c5n(c4c3)CC(=O)Nc3cccnc3-5)CCCC2)cc1. The number of fused-ring (bicyclic) bond motifs is 5. The van der Waals surface area contributed by atoms with Gasteiger partial charge in [-0.25, -0.2) is 4.79 Å². The molecule has 240 valence electrons. The molecule has 2 aliphatic carbocycles. The molecule has 0 unspecified atom stereocenters. The van der Waals surface area contributed by atoms with Crippen LogP contribution in [0.2, 0.25) is 0 Å². The van der Waals surface area contributed by atoms with Crippen molar-refractivity contribution in [3.8, 4) is 11.4 Å². The first-order valence-electron chi connectivity index (χ1n) is 16.6. The molecule has 9 heteroatoms. The van der Waals surface area contributed by atoms with Crippen LogP contribution in [0, 0.1) is 0 Å². The number of aromatic nitrogens is 2. The second kappa shape index (κ2) is 12.6. The molecule has 2 aromatic heterocycles. The average Bonchev–Trinajstić information content (AvgIpc) is 3.64. The summed E-state index contributed by atoms with van der Waals surface area (Å²) in [5.74, 6) is -1.16. The largest absolute Gasteiger partial charge is 0.478 e. The van der Waals surface area contributed by atoms with Gasteiger partial charge in [0.15, 0.2) is 5.78 Å². The summed E-state index contributed by atoms with van der Waals surface area (Å²) < 4.78 is 2.02. The normalized spacial score (nSPS) is 17.6. The van der Waals surface area contributed by atoms with Crippen molar-refractivity contribution < 1.29 is 24.3 Å². The fourth-order valence-corrected chi connectivity index (χ4v) is 7.78. The molecule has 3 N–H and O–H groups in total. The van der Waals surface area contributed by atoms with E-state index in [1.165, 1.54) is 18.1 Å². The number of carbonyl (C=O) groups excluding carboxylic acids is 3.